The van der Waals surface area contributed by atoms with Gasteiger partial charge < -0.3 is 14.8 Å². The summed E-state index contributed by atoms with van der Waals surface area (Å²) in [6, 6.07) is 9.55. The molecule has 0 aliphatic rings. The van der Waals surface area contributed by atoms with Crippen molar-refractivity contribution in [1.29, 1.82) is 0 Å². The van der Waals surface area contributed by atoms with Crippen LogP contribution in [0.3, 0.4) is 0 Å². The summed E-state index contributed by atoms with van der Waals surface area (Å²) in [5.74, 6) is 0. The third kappa shape index (κ3) is 17.6. The van der Waals surface area contributed by atoms with E-state index in [0.717, 1.165) is 12.0 Å². The van der Waals surface area contributed by atoms with Gasteiger partial charge in [0.1, 0.15) is 12.2 Å². The summed E-state index contributed by atoms with van der Waals surface area (Å²) in [5.41, 5.74) is 0.618. The number of hydrogen-bond donors (Lipinski definition) is 1. The van der Waals surface area contributed by atoms with E-state index in [1.807, 2.05) is 58.0 Å². The first kappa shape index (κ1) is 23.0. The van der Waals surface area contributed by atoms with Crippen molar-refractivity contribution in [2.75, 3.05) is 6.54 Å². The molecular weight excluding hydrogens is 294 g/mol. The molecule has 0 unspecified atom stereocenters. The van der Waals surface area contributed by atoms with Gasteiger partial charge in [0.25, 0.3) is 6.47 Å². The molecule has 1 rings (SSSR count). The molecule has 0 aliphatic heterocycles. The highest BCUT2D eigenvalue weighted by Crippen LogP contribution is 2.06. The predicted octanol–water partition coefficient (Wildman–Crippen LogP) is 4.08. The maximum atomic E-state index is 10.9. The van der Waals surface area contributed by atoms with Crippen molar-refractivity contribution in [3.63, 3.8) is 0 Å². The lowest BCUT2D eigenvalue weighted by Gasteiger charge is -2.19. The number of rotatable bonds is 5. The smallest absolute Gasteiger partial charge is 0.407 e. The summed E-state index contributed by atoms with van der Waals surface area (Å²) in [7, 11) is 0. The van der Waals surface area contributed by atoms with Crippen molar-refractivity contribution in [3.8, 4) is 0 Å². The number of carbonyl (C=O) groups is 2. The zero-order valence-electron chi connectivity index (χ0n) is 14.6. The minimum Gasteiger partial charge on any atom is -0.463 e. The first-order valence-electron chi connectivity index (χ1n) is 7.45. The molecular formula is C18H29NO4. The van der Waals surface area contributed by atoms with E-state index < -0.39 is 5.60 Å². The van der Waals surface area contributed by atoms with Gasteiger partial charge in [-0.25, -0.2) is 4.79 Å². The van der Waals surface area contributed by atoms with Gasteiger partial charge in [0.2, 0.25) is 0 Å². The van der Waals surface area contributed by atoms with E-state index >= 15 is 0 Å². The molecule has 0 radical (unpaired) electrons. The minimum atomic E-state index is -0.391. The van der Waals surface area contributed by atoms with Crippen molar-refractivity contribution in [1.82, 2.24) is 5.32 Å². The van der Waals surface area contributed by atoms with E-state index in [9.17, 15) is 9.59 Å². The highest BCUT2D eigenvalue weighted by molar-refractivity contribution is 5.67. The Morgan fingerprint density at radius 1 is 1.22 bits per heavy atom. The zero-order chi connectivity index (χ0) is 18.1. The van der Waals surface area contributed by atoms with Crippen LogP contribution in [0.1, 0.15) is 39.7 Å². The summed E-state index contributed by atoms with van der Waals surface area (Å²) in [5, 5.41) is 2.63. The summed E-state index contributed by atoms with van der Waals surface area (Å²) >= 11 is 0. The van der Waals surface area contributed by atoms with Gasteiger partial charge in [-0.3, -0.25) is 4.79 Å². The first-order chi connectivity index (χ1) is 10.9. The van der Waals surface area contributed by atoms with E-state index in [1.165, 1.54) is 0 Å². The second kappa shape index (κ2) is 14.6. The summed E-state index contributed by atoms with van der Waals surface area (Å²) in [4.78, 5) is 20.6. The maximum absolute atomic E-state index is 10.9. The van der Waals surface area contributed by atoms with Gasteiger partial charge >= 0.3 is 6.09 Å². The average molecular weight is 323 g/mol. The van der Waals surface area contributed by atoms with Crippen LogP contribution in [0.15, 0.2) is 43.5 Å². The van der Waals surface area contributed by atoms with Crippen LogP contribution in [0, 0.1) is 0 Å². The molecule has 0 spiro atoms. The molecule has 0 heterocycles. The van der Waals surface area contributed by atoms with Crippen molar-refractivity contribution < 1.29 is 19.1 Å². The Bertz CT molecular complexity index is 413. The van der Waals surface area contributed by atoms with E-state index in [-0.39, 0.29) is 6.09 Å². The quantitative estimate of drug-likeness (QED) is 0.655. The lowest BCUT2D eigenvalue weighted by Crippen LogP contribution is -2.32. The molecule has 0 aliphatic carbocycles. The van der Waals surface area contributed by atoms with Gasteiger partial charge in [0.05, 0.1) is 0 Å². The number of ether oxygens (including phenoxy) is 2. The number of hydrogen-bond acceptors (Lipinski definition) is 4. The predicted molar refractivity (Wildman–Crippen MR) is 93.1 cm³/mol. The van der Waals surface area contributed by atoms with Crippen molar-refractivity contribution in [3.05, 3.63) is 49.1 Å². The van der Waals surface area contributed by atoms with Crippen LogP contribution in [-0.4, -0.2) is 24.7 Å². The fourth-order valence-corrected chi connectivity index (χ4v) is 1.25. The van der Waals surface area contributed by atoms with Gasteiger partial charge in [0.15, 0.2) is 0 Å². The Morgan fingerprint density at radius 3 is 2.22 bits per heavy atom. The standard InChI is InChI=1S/C8H17NO2.C8H8O2.C2H4/c1-5-6-9-7(10)11-8(2,3)4;9-7-10-6-8-4-2-1-3-5-8;1-2/h5-6H2,1-4H3,(H,9,10);1-5,7H,6H2;1-2H2. The van der Waals surface area contributed by atoms with E-state index in [0.29, 0.717) is 19.6 Å². The van der Waals surface area contributed by atoms with Gasteiger partial charge in [-0.15, -0.1) is 13.2 Å². The highest BCUT2D eigenvalue weighted by Gasteiger charge is 2.14. The van der Waals surface area contributed by atoms with Gasteiger partial charge in [-0.05, 0) is 32.8 Å². The van der Waals surface area contributed by atoms with E-state index in [4.69, 9.17) is 4.74 Å². The van der Waals surface area contributed by atoms with Gasteiger partial charge in [-0.1, -0.05) is 37.3 Å². The summed E-state index contributed by atoms with van der Waals surface area (Å²) in [6.07, 6.45) is 0.596. The molecule has 1 amide bonds. The number of nitrogens with one attached hydrogen (secondary N) is 1. The average Bonchev–Trinajstić information content (AvgIpc) is 2.53. The fourth-order valence-electron chi connectivity index (χ4n) is 1.25. The zero-order valence-corrected chi connectivity index (χ0v) is 14.6. The SMILES string of the molecule is C=C.CCCNC(=O)OC(C)(C)C.O=COCc1ccccc1. The van der Waals surface area contributed by atoms with Crippen LogP contribution in [0.5, 0.6) is 0 Å². The van der Waals surface area contributed by atoms with E-state index in [2.05, 4.69) is 23.2 Å². The third-order valence-electron chi connectivity index (χ3n) is 2.08. The molecule has 23 heavy (non-hydrogen) atoms. The fraction of sp³-hybridized carbons (Fsp3) is 0.444. The number of carbonyl (C=O) groups excluding carboxylic acids is 2. The lowest BCUT2D eigenvalue weighted by molar-refractivity contribution is -0.129. The molecule has 1 aromatic rings. The largest absolute Gasteiger partial charge is 0.463 e. The number of alkyl carbamates (subject to hydrolysis) is 1. The molecule has 0 fully saturated rings. The molecule has 130 valence electrons. The van der Waals surface area contributed by atoms with Crippen molar-refractivity contribution >= 4 is 12.6 Å². The molecule has 0 bridgehead atoms. The minimum absolute atomic E-state index is 0.334. The van der Waals surface area contributed by atoms with Crippen LogP contribution >= 0.6 is 0 Å². The summed E-state index contributed by atoms with van der Waals surface area (Å²) in [6.45, 7) is 15.0. The molecule has 0 saturated carbocycles. The highest BCUT2D eigenvalue weighted by atomic mass is 16.6. The Labute approximate surface area is 139 Å². The molecule has 0 saturated heterocycles. The third-order valence-corrected chi connectivity index (χ3v) is 2.08. The molecule has 0 atom stereocenters. The first-order valence-corrected chi connectivity index (χ1v) is 7.45. The number of amides is 1. The number of benzene rings is 1. The Morgan fingerprint density at radius 2 is 1.78 bits per heavy atom. The normalized spacial score (nSPS) is 9.22. The Balaban J connectivity index is 0. The molecule has 1 N–H and O–H groups in total. The van der Waals surface area contributed by atoms with Gasteiger partial charge in [-0.2, -0.15) is 0 Å². The van der Waals surface area contributed by atoms with Crippen LogP contribution in [0.2, 0.25) is 0 Å². The van der Waals surface area contributed by atoms with Gasteiger partial charge in [0, 0.05) is 6.54 Å². The van der Waals surface area contributed by atoms with Crippen LogP contribution in [-0.2, 0) is 20.9 Å². The lowest BCUT2D eigenvalue weighted by atomic mass is 10.2. The molecule has 5 heteroatoms. The topological polar surface area (TPSA) is 64.6 Å². The Kier molecular flexibility index (Phi) is 14.6. The second-order valence-corrected chi connectivity index (χ2v) is 5.32. The van der Waals surface area contributed by atoms with Crippen molar-refractivity contribution in [2.24, 2.45) is 0 Å². The molecule has 5 nitrogen and oxygen atoms in total. The molecule has 0 aromatic heterocycles. The second-order valence-electron chi connectivity index (χ2n) is 5.32. The maximum Gasteiger partial charge on any atom is 0.407 e. The van der Waals surface area contributed by atoms with Crippen LogP contribution in [0.4, 0.5) is 4.79 Å². The Hall–Kier alpha value is -2.30. The van der Waals surface area contributed by atoms with Crippen molar-refractivity contribution in [2.45, 2.75) is 46.3 Å². The monoisotopic (exact) mass is 323 g/mol. The summed E-state index contributed by atoms with van der Waals surface area (Å²) < 4.78 is 9.53. The van der Waals surface area contributed by atoms with Crippen LogP contribution in [0.25, 0.3) is 0 Å². The van der Waals surface area contributed by atoms with E-state index in [1.54, 1.807) is 0 Å². The van der Waals surface area contributed by atoms with Crippen LogP contribution < -0.4 is 5.32 Å². The molecule has 1 aromatic carbocycles.